The highest BCUT2D eigenvalue weighted by Crippen LogP contribution is 2.24. The smallest absolute Gasteiger partial charge is 0.246 e. The molecule has 2 aromatic rings. The average molecular weight is 282 g/mol. The predicted octanol–water partition coefficient (Wildman–Crippen LogP) is 2.52. The summed E-state index contributed by atoms with van der Waals surface area (Å²) >= 11 is 0. The second-order valence-corrected chi connectivity index (χ2v) is 5.06. The fourth-order valence-electron chi connectivity index (χ4n) is 2.65. The summed E-state index contributed by atoms with van der Waals surface area (Å²) in [7, 11) is 1.61. The zero-order chi connectivity index (χ0) is 14.7. The maximum atomic E-state index is 12.5. The van der Waals surface area contributed by atoms with Crippen LogP contribution in [0.5, 0.6) is 5.75 Å². The molecule has 1 atom stereocenters. The van der Waals surface area contributed by atoms with Crippen LogP contribution in [0, 0.1) is 0 Å². The molecular formula is C17H18N2O2. The molecule has 3 rings (SSSR count). The Labute approximate surface area is 124 Å². The van der Waals surface area contributed by atoms with Crippen molar-refractivity contribution in [3.63, 3.8) is 0 Å². The van der Waals surface area contributed by atoms with Crippen molar-refractivity contribution < 1.29 is 9.53 Å². The minimum atomic E-state index is -0.304. The SMILES string of the molecule is COc1cccc(NC(=O)C2NCCc3ccccc32)c1. The van der Waals surface area contributed by atoms with Gasteiger partial charge in [0.05, 0.1) is 7.11 Å². The summed E-state index contributed by atoms with van der Waals surface area (Å²) in [4.78, 5) is 12.5. The van der Waals surface area contributed by atoms with E-state index in [0.29, 0.717) is 0 Å². The van der Waals surface area contributed by atoms with Crippen LogP contribution in [0.4, 0.5) is 5.69 Å². The quantitative estimate of drug-likeness (QED) is 0.909. The molecule has 0 saturated heterocycles. The lowest BCUT2D eigenvalue weighted by Gasteiger charge is -2.26. The Kier molecular flexibility index (Phi) is 3.88. The van der Waals surface area contributed by atoms with Crippen molar-refractivity contribution in [1.82, 2.24) is 5.32 Å². The van der Waals surface area contributed by atoms with Crippen molar-refractivity contribution in [1.29, 1.82) is 0 Å². The van der Waals surface area contributed by atoms with Crippen molar-refractivity contribution in [3.8, 4) is 5.75 Å². The molecule has 0 radical (unpaired) electrons. The molecule has 1 amide bonds. The zero-order valence-electron chi connectivity index (χ0n) is 11.9. The molecule has 2 N–H and O–H groups in total. The van der Waals surface area contributed by atoms with Crippen LogP contribution < -0.4 is 15.4 Å². The third kappa shape index (κ3) is 2.90. The summed E-state index contributed by atoms with van der Waals surface area (Å²) in [5.41, 5.74) is 3.04. The van der Waals surface area contributed by atoms with Crippen molar-refractivity contribution >= 4 is 11.6 Å². The summed E-state index contributed by atoms with van der Waals surface area (Å²) in [6.07, 6.45) is 0.957. The first kappa shape index (κ1) is 13.6. The molecule has 108 valence electrons. The Morgan fingerprint density at radius 1 is 1.24 bits per heavy atom. The molecule has 1 aliphatic heterocycles. The first-order valence-corrected chi connectivity index (χ1v) is 7.04. The maximum absolute atomic E-state index is 12.5. The maximum Gasteiger partial charge on any atom is 0.246 e. The van der Waals surface area contributed by atoms with Gasteiger partial charge in [0.15, 0.2) is 0 Å². The number of fused-ring (bicyclic) bond motifs is 1. The van der Waals surface area contributed by atoms with Crippen LogP contribution in [0.25, 0.3) is 0 Å². The number of rotatable bonds is 3. The first-order valence-electron chi connectivity index (χ1n) is 7.04. The van der Waals surface area contributed by atoms with Crippen molar-refractivity contribution in [2.24, 2.45) is 0 Å². The van der Waals surface area contributed by atoms with Gasteiger partial charge in [-0.1, -0.05) is 30.3 Å². The van der Waals surface area contributed by atoms with Gasteiger partial charge in [0.1, 0.15) is 11.8 Å². The van der Waals surface area contributed by atoms with Gasteiger partial charge in [0.25, 0.3) is 0 Å². The highest BCUT2D eigenvalue weighted by Gasteiger charge is 2.25. The van der Waals surface area contributed by atoms with E-state index in [1.54, 1.807) is 7.11 Å². The standard InChI is InChI=1S/C17H18N2O2/c1-21-14-7-4-6-13(11-14)19-17(20)16-15-8-3-2-5-12(15)9-10-18-16/h2-8,11,16,18H,9-10H2,1H3,(H,19,20). The normalized spacial score (nSPS) is 16.9. The minimum Gasteiger partial charge on any atom is -0.497 e. The molecule has 0 aliphatic carbocycles. The van der Waals surface area contributed by atoms with Crippen LogP contribution in [0.15, 0.2) is 48.5 Å². The van der Waals surface area contributed by atoms with E-state index in [0.717, 1.165) is 30.0 Å². The fourth-order valence-corrected chi connectivity index (χ4v) is 2.65. The second kappa shape index (κ2) is 5.97. The van der Waals surface area contributed by atoms with E-state index in [1.807, 2.05) is 42.5 Å². The third-order valence-corrected chi connectivity index (χ3v) is 3.71. The fraction of sp³-hybridized carbons (Fsp3) is 0.235. The first-order chi connectivity index (χ1) is 10.3. The van der Waals surface area contributed by atoms with Crippen LogP contribution >= 0.6 is 0 Å². The zero-order valence-corrected chi connectivity index (χ0v) is 11.9. The van der Waals surface area contributed by atoms with Gasteiger partial charge in [0.2, 0.25) is 5.91 Å². The topological polar surface area (TPSA) is 50.4 Å². The lowest BCUT2D eigenvalue weighted by Crippen LogP contribution is -2.38. The minimum absolute atomic E-state index is 0.0459. The number of carbonyl (C=O) groups excluding carboxylic acids is 1. The molecule has 2 aromatic carbocycles. The van der Waals surface area contributed by atoms with Crippen molar-refractivity contribution in [2.75, 3.05) is 19.0 Å². The Morgan fingerprint density at radius 2 is 2.10 bits per heavy atom. The number of hydrogen-bond donors (Lipinski definition) is 2. The average Bonchev–Trinajstić information content (AvgIpc) is 2.54. The van der Waals surface area contributed by atoms with Gasteiger partial charge < -0.3 is 15.4 Å². The van der Waals surface area contributed by atoms with Gasteiger partial charge in [-0.05, 0) is 29.7 Å². The third-order valence-electron chi connectivity index (χ3n) is 3.71. The molecule has 1 aliphatic rings. The van der Waals surface area contributed by atoms with E-state index >= 15 is 0 Å². The van der Waals surface area contributed by atoms with Gasteiger partial charge in [-0.2, -0.15) is 0 Å². The van der Waals surface area contributed by atoms with E-state index in [4.69, 9.17) is 4.74 Å². The van der Waals surface area contributed by atoms with Crippen LogP contribution in [-0.2, 0) is 11.2 Å². The van der Waals surface area contributed by atoms with E-state index in [1.165, 1.54) is 5.56 Å². The molecule has 0 aromatic heterocycles. The highest BCUT2D eigenvalue weighted by molar-refractivity contribution is 5.96. The molecule has 1 unspecified atom stereocenters. The second-order valence-electron chi connectivity index (χ2n) is 5.06. The van der Waals surface area contributed by atoms with E-state index in [9.17, 15) is 4.79 Å². The Bertz CT molecular complexity index is 655. The number of nitrogens with one attached hydrogen (secondary N) is 2. The summed E-state index contributed by atoms with van der Waals surface area (Å²) < 4.78 is 5.17. The molecule has 4 heteroatoms. The molecule has 1 heterocycles. The molecule has 21 heavy (non-hydrogen) atoms. The monoisotopic (exact) mass is 282 g/mol. The molecule has 0 spiro atoms. The lowest BCUT2D eigenvalue weighted by molar-refractivity contribution is -0.118. The lowest BCUT2D eigenvalue weighted by atomic mass is 9.94. The number of benzene rings is 2. The van der Waals surface area contributed by atoms with E-state index in [2.05, 4.69) is 16.7 Å². The summed E-state index contributed by atoms with van der Waals surface area (Å²) in [5.74, 6) is 0.681. The van der Waals surface area contributed by atoms with Crippen LogP contribution in [-0.4, -0.2) is 19.6 Å². The molecular weight excluding hydrogens is 264 g/mol. The Morgan fingerprint density at radius 3 is 2.95 bits per heavy atom. The van der Waals surface area contributed by atoms with E-state index in [-0.39, 0.29) is 11.9 Å². The largest absolute Gasteiger partial charge is 0.497 e. The predicted molar refractivity (Wildman–Crippen MR) is 82.5 cm³/mol. The van der Waals surface area contributed by atoms with E-state index < -0.39 is 0 Å². The van der Waals surface area contributed by atoms with Gasteiger partial charge in [-0.25, -0.2) is 0 Å². The van der Waals surface area contributed by atoms with Gasteiger partial charge in [-0.15, -0.1) is 0 Å². The Balaban J connectivity index is 1.80. The van der Waals surface area contributed by atoms with Gasteiger partial charge >= 0.3 is 0 Å². The van der Waals surface area contributed by atoms with Gasteiger partial charge in [0, 0.05) is 18.3 Å². The summed E-state index contributed by atoms with van der Waals surface area (Å²) in [5, 5.41) is 6.23. The Hall–Kier alpha value is -2.33. The number of hydrogen-bond acceptors (Lipinski definition) is 3. The molecule has 4 nitrogen and oxygen atoms in total. The van der Waals surface area contributed by atoms with Crippen LogP contribution in [0.3, 0.4) is 0 Å². The van der Waals surface area contributed by atoms with Gasteiger partial charge in [-0.3, -0.25) is 4.79 Å². The highest BCUT2D eigenvalue weighted by atomic mass is 16.5. The summed E-state index contributed by atoms with van der Waals surface area (Å²) in [6, 6.07) is 15.2. The molecule has 0 bridgehead atoms. The van der Waals surface area contributed by atoms with Crippen LogP contribution in [0.2, 0.25) is 0 Å². The number of carbonyl (C=O) groups is 1. The van der Waals surface area contributed by atoms with Crippen LogP contribution in [0.1, 0.15) is 17.2 Å². The number of methoxy groups -OCH3 is 1. The number of ether oxygens (including phenoxy) is 1. The summed E-state index contributed by atoms with van der Waals surface area (Å²) in [6.45, 7) is 0.813. The van der Waals surface area contributed by atoms with Crippen molar-refractivity contribution in [3.05, 3.63) is 59.7 Å². The van der Waals surface area contributed by atoms with Crippen molar-refractivity contribution in [2.45, 2.75) is 12.5 Å². The number of anilines is 1. The number of amides is 1. The molecule has 0 fully saturated rings. The molecule has 0 saturated carbocycles.